The van der Waals surface area contributed by atoms with Gasteiger partial charge in [0.25, 0.3) is 0 Å². The van der Waals surface area contributed by atoms with Gasteiger partial charge in [0.05, 0.1) is 5.69 Å². The van der Waals surface area contributed by atoms with Gasteiger partial charge in [0.15, 0.2) is 0 Å². The van der Waals surface area contributed by atoms with Crippen LogP contribution >= 0.6 is 11.6 Å². The number of rotatable bonds is 3. The molecule has 78 valence electrons. The lowest BCUT2D eigenvalue weighted by molar-refractivity contribution is 0.294. The summed E-state index contributed by atoms with van der Waals surface area (Å²) in [5, 5.41) is 20.0. The van der Waals surface area contributed by atoms with Crippen molar-refractivity contribution >= 4 is 17.3 Å². The van der Waals surface area contributed by atoms with Crippen LogP contribution in [0.4, 0.5) is 5.69 Å². The van der Waals surface area contributed by atoms with Crippen LogP contribution in [0.15, 0.2) is 18.2 Å². The molecular formula is C9H12ClN2O2-. The van der Waals surface area contributed by atoms with Gasteiger partial charge in [-0.25, -0.2) is 0 Å². The fourth-order valence-corrected chi connectivity index (χ4v) is 1.40. The summed E-state index contributed by atoms with van der Waals surface area (Å²) >= 11 is 5.78. The standard InChI is InChI=1S/C9H12ClN2O2/c1-11(2)6-7-5-8(10)3-4-9(7)12(13)14/h3-5,13H,6H2,1-2H3/q-1. The Bertz CT molecular complexity index is 316. The smallest absolute Gasteiger partial charge is 0.0554 e. The number of hydrogen-bond donors (Lipinski definition) is 1. The van der Waals surface area contributed by atoms with Crippen LogP contribution in [0.5, 0.6) is 0 Å². The van der Waals surface area contributed by atoms with Gasteiger partial charge in [-0.3, -0.25) is 5.21 Å². The van der Waals surface area contributed by atoms with E-state index >= 15 is 0 Å². The van der Waals surface area contributed by atoms with Crippen LogP contribution in [-0.2, 0) is 6.54 Å². The summed E-state index contributed by atoms with van der Waals surface area (Å²) < 4.78 is 0. The summed E-state index contributed by atoms with van der Waals surface area (Å²) in [5.74, 6) is 0. The molecule has 0 fully saturated rings. The summed E-state index contributed by atoms with van der Waals surface area (Å²) in [4.78, 5) is 1.89. The Kier molecular flexibility index (Phi) is 3.71. The van der Waals surface area contributed by atoms with Crippen molar-refractivity contribution in [1.82, 2.24) is 4.90 Å². The quantitative estimate of drug-likeness (QED) is 0.785. The number of anilines is 1. The average Bonchev–Trinajstić information content (AvgIpc) is 2.01. The molecule has 0 aromatic heterocycles. The molecular weight excluding hydrogens is 204 g/mol. The summed E-state index contributed by atoms with van der Waals surface area (Å²) in [7, 11) is 3.74. The van der Waals surface area contributed by atoms with Gasteiger partial charge < -0.3 is 15.3 Å². The average molecular weight is 216 g/mol. The van der Waals surface area contributed by atoms with Gasteiger partial charge >= 0.3 is 0 Å². The number of hydrogen-bond acceptors (Lipinski definition) is 4. The van der Waals surface area contributed by atoms with Crippen LogP contribution in [-0.4, -0.2) is 24.2 Å². The number of nitrogens with zero attached hydrogens (tertiary/aromatic N) is 2. The van der Waals surface area contributed by atoms with E-state index < -0.39 is 0 Å². The van der Waals surface area contributed by atoms with Crippen LogP contribution in [0, 0.1) is 5.21 Å². The van der Waals surface area contributed by atoms with E-state index in [1.54, 1.807) is 12.1 Å². The van der Waals surface area contributed by atoms with Crippen LogP contribution in [0.1, 0.15) is 5.56 Å². The molecule has 0 unspecified atom stereocenters. The highest BCUT2D eigenvalue weighted by molar-refractivity contribution is 6.30. The highest BCUT2D eigenvalue weighted by Crippen LogP contribution is 2.23. The third-order valence-electron chi connectivity index (χ3n) is 1.73. The Labute approximate surface area is 87.8 Å². The van der Waals surface area contributed by atoms with Crippen LogP contribution < -0.4 is 5.23 Å². The maximum atomic E-state index is 10.8. The van der Waals surface area contributed by atoms with Crippen molar-refractivity contribution in [3.63, 3.8) is 0 Å². The van der Waals surface area contributed by atoms with Gasteiger partial charge in [0, 0.05) is 11.6 Å². The summed E-state index contributed by atoms with van der Waals surface area (Å²) in [5.41, 5.74) is 0.920. The van der Waals surface area contributed by atoms with E-state index in [-0.39, 0.29) is 10.9 Å². The highest BCUT2D eigenvalue weighted by atomic mass is 35.5. The first-order valence-corrected chi connectivity index (χ1v) is 4.48. The zero-order valence-corrected chi connectivity index (χ0v) is 8.82. The molecule has 1 rings (SSSR count). The SMILES string of the molecule is CN(C)Cc1cc(Cl)ccc1N([O-])O. The molecule has 0 amide bonds. The molecule has 0 radical (unpaired) electrons. The minimum Gasteiger partial charge on any atom is -0.733 e. The first-order chi connectivity index (χ1) is 6.50. The molecule has 5 heteroatoms. The Morgan fingerprint density at radius 3 is 2.57 bits per heavy atom. The second kappa shape index (κ2) is 4.61. The lowest BCUT2D eigenvalue weighted by Crippen LogP contribution is -2.15. The molecule has 0 aliphatic carbocycles. The lowest BCUT2D eigenvalue weighted by atomic mass is 10.2. The Morgan fingerprint density at radius 1 is 1.43 bits per heavy atom. The topological polar surface area (TPSA) is 49.8 Å². The third-order valence-corrected chi connectivity index (χ3v) is 1.97. The minimum absolute atomic E-state index is 0.144. The van der Waals surface area contributed by atoms with Gasteiger partial charge in [0.1, 0.15) is 0 Å². The second-order valence-electron chi connectivity index (χ2n) is 3.28. The maximum Gasteiger partial charge on any atom is 0.0554 e. The maximum absolute atomic E-state index is 10.8. The summed E-state index contributed by atoms with van der Waals surface area (Å²) in [6.07, 6.45) is 0. The van der Waals surface area contributed by atoms with E-state index in [1.165, 1.54) is 6.07 Å². The molecule has 1 N–H and O–H groups in total. The van der Waals surface area contributed by atoms with Crippen molar-refractivity contribution in [2.24, 2.45) is 0 Å². The van der Waals surface area contributed by atoms with Gasteiger partial charge in [0.2, 0.25) is 0 Å². The van der Waals surface area contributed by atoms with E-state index in [9.17, 15) is 5.21 Å². The van der Waals surface area contributed by atoms with Crippen LogP contribution in [0.3, 0.4) is 0 Å². The normalized spacial score (nSPS) is 10.7. The van der Waals surface area contributed by atoms with Crippen molar-refractivity contribution in [1.29, 1.82) is 0 Å². The molecule has 0 spiro atoms. The first kappa shape index (κ1) is 11.3. The highest BCUT2D eigenvalue weighted by Gasteiger charge is 2.05. The zero-order chi connectivity index (χ0) is 10.7. The first-order valence-electron chi connectivity index (χ1n) is 4.10. The van der Waals surface area contributed by atoms with Gasteiger partial charge in [-0.1, -0.05) is 11.6 Å². The molecule has 0 aliphatic heterocycles. The lowest BCUT2D eigenvalue weighted by Gasteiger charge is -2.25. The van der Waals surface area contributed by atoms with Crippen LogP contribution in [0.2, 0.25) is 5.02 Å². The Hall–Kier alpha value is -0.810. The van der Waals surface area contributed by atoms with E-state index in [0.717, 1.165) is 0 Å². The van der Waals surface area contributed by atoms with Crippen molar-refractivity contribution in [2.45, 2.75) is 6.54 Å². The molecule has 0 heterocycles. The summed E-state index contributed by atoms with van der Waals surface area (Å²) in [6.45, 7) is 0.551. The molecule has 1 aromatic rings. The molecule has 0 saturated heterocycles. The van der Waals surface area contributed by atoms with E-state index in [2.05, 4.69) is 0 Å². The van der Waals surface area contributed by atoms with E-state index in [4.69, 9.17) is 16.8 Å². The monoisotopic (exact) mass is 215 g/mol. The van der Waals surface area contributed by atoms with Gasteiger partial charge in [-0.05, 0) is 37.9 Å². The Morgan fingerprint density at radius 2 is 2.07 bits per heavy atom. The molecule has 0 aliphatic rings. The molecule has 1 aromatic carbocycles. The van der Waals surface area contributed by atoms with E-state index in [0.29, 0.717) is 17.1 Å². The molecule has 0 atom stereocenters. The molecule has 4 nitrogen and oxygen atoms in total. The fourth-order valence-electron chi connectivity index (χ4n) is 1.21. The Balaban J connectivity index is 3.03. The predicted molar refractivity (Wildman–Crippen MR) is 56.5 cm³/mol. The fraction of sp³-hybridized carbons (Fsp3) is 0.333. The predicted octanol–water partition coefficient (Wildman–Crippen LogP) is 2.10. The van der Waals surface area contributed by atoms with Crippen molar-refractivity contribution < 1.29 is 5.21 Å². The van der Waals surface area contributed by atoms with Crippen molar-refractivity contribution in [3.05, 3.63) is 34.0 Å². The van der Waals surface area contributed by atoms with E-state index in [1.807, 2.05) is 19.0 Å². The molecule has 0 saturated carbocycles. The van der Waals surface area contributed by atoms with Crippen molar-refractivity contribution in [3.8, 4) is 0 Å². The number of halogens is 1. The minimum atomic E-state index is -0.144. The summed E-state index contributed by atoms with van der Waals surface area (Å²) in [6, 6.07) is 4.73. The van der Waals surface area contributed by atoms with Gasteiger partial charge in [-0.2, -0.15) is 0 Å². The largest absolute Gasteiger partial charge is 0.733 e. The number of benzene rings is 1. The van der Waals surface area contributed by atoms with Crippen molar-refractivity contribution in [2.75, 3.05) is 19.3 Å². The zero-order valence-electron chi connectivity index (χ0n) is 8.07. The second-order valence-corrected chi connectivity index (χ2v) is 3.72. The third kappa shape index (κ3) is 2.85. The van der Waals surface area contributed by atoms with Crippen LogP contribution in [0.25, 0.3) is 0 Å². The molecule has 14 heavy (non-hydrogen) atoms. The van der Waals surface area contributed by atoms with Gasteiger partial charge in [-0.15, -0.1) is 0 Å². The molecule has 0 bridgehead atoms.